The number of hydrogen-bond acceptors (Lipinski definition) is 4. The molecule has 2 N–H and O–H groups in total. The number of nitrogens with one attached hydrogen (secondary N) is 1. The lowest BCUT2D eigenvalue weighted by Crippen LogP contribution is -2.26. The Kier molecular flexibility index (Phi) is 6.02. The SMILES string of the molecule is COc1ccc(CCN(Cc2ccc(C(=O)O)cc2)c2nc3c(F)cc(F)cc3[nH]2)cc1. The minimum absolute atomic E-state index is 0.0667. The van der Waals surface area contributed by atoms with E-state index < -0.39 is 17.6 Å². The van der Waals surface area contributed by atoms with Crippen LogP contribution in [0.4, 0.5) is 14.7 Å². The van der Waals surface area contributed by atoms with Crippen molar-refractivity contribution in [3.05, 3.63) is 89.0 Å². The van der Waals surface area contributed by atoms with Crippen molar-refractivity contribution in [3.8, 4) is 5.75 Å². The third kappa shape index (κ3) is 4.69. The molecule has 0 bridgehead atoms. The normalized spacial score (nSPS) is 11.0. The lowest BCUT2D eigenvalue weighted by Gasteiger charge is -2.22. The lowest BCUT2D eigenvalue weighted by molar-refractivity contribution is 0.0697. The summed E-state index contributed by atoms with van der Waals surface area (Å²) in [5, 5.41) is 9.11. The van der Waals surface area contributed by atoms with Crippen LogP contribution in [0.25, 0.3) is 11.0 Å². The van der Waals surface area contributed by atoms with Crippen molar-refractivity contribution in [2.75, 3.05) is 18.6 Å². The van der Waals surface area contributed by atoms with Gasteiger partial charge in [-0.25, -0.2) is 18.6 Å². The third-order valence-electron chi connectivity index (χ3n) is 5.20. The van der Waals surface area contributed by atoms with Crippen molar-refractivity contribution in [3.63, 3.8) is 0 Å². The fraction of sp³-hybridized carbons (Fsp3) is 0.167. The van der Waals surface area contributed by atoms with E-state index in [2.05, 4.69) is 9.97 Å². The maximum Gasteiger partial charge on any atom is 0.335 e. The number of fused-ring (bicyclic) bond motifs is 1. The number of benzene rings is 3. The van der Waals surface area contributed by atoms with Crippen molar-refractivity contribution in [1.82, 2.24) is 9.97 Å². The molecule has 1 aromatic heterocycles. The standard InChI is InChI=1S/C24H21F2N3O3/c1-32-19-8-4-15(5-9-19)10-11-29(14-16-2-6-17(7-3-16)23(30)31)24-27-21-13-18(25)12-20(26)22(21)28-24/h2-9,12-13H,10-11,14H2,1H3,(H,27,28)(H,30,31). The summed E-state index contributed by atoms with van der Waals surface area (Å²) in [6, 6.07) is 16.2. The number of nitrogens with zero attached hydrogens (tertiary/aromatic N) is 2. The van der Waals surface area contributed by atoms with E-state index in [1.807, 2.05) is 29.2 Å². The molecule has 0 aliphatic heterocycles. The Labute approximate surface area is 183 Å². The first kappa shape index (κ1) is 21.3. The second-order valence-electron chi connectivity index (χ2n) is 7.37. The number of carboxylic acid groups (broad SMARTS) is 1. The van der Waals surface area contributed by atoms with E-state index in [4.69, 9.17) is 9.84 Å². The van der Waals surface area contributed by atoms with E-state index >= 15 is 0 Å². The molecular formula is C24H21F2N3O3. The Morgan fingerprint density at radius 1 is 1.06 bits per heavy atom. The Balaban J connectivity index is 1.62. The highest BCUT2D eigenvalue weighted by Crippen LogP contribution is 2.23. The van der Waals surface area contributed by atoms with Crippen LogP contribution < -0.4 is 9.64 Å². The summed E-state index contributed by atoms with van der Waals surface area (Å²) in [6.07, 6.45) is 0.672. The van der Waals surface area contributed by atoms with E-state index in [-0.39, 0.29) is 16.6 Å². The molecule has 0 saturated carbocycles. The molecule has 0 amide bonds. The number of carboxylic acids is 1. The van der Waals surface area contributed by atoms with Gasteiger partial charge in [0.25, 0.3) is 0 Å². The molecule has 1 heterocycles. The molecule has 4 aromatic rings. The second kappa shape index (κ2) is 9.05. The average molecular weight is 437 g/mol. The number of ether oxygens (including phenoxy) is 1. The van der Waals surface area contributed by atoms with Gasteiger partial charge in [0.2, 0.25) is 5.95 Å². The fourth-order valence-electron chi connectivity index (χ4n) is 3.47. The molecule has 0 radical (unpaired) electrons. The number of aromatic carboxylic acids is 1. The van der Waals surface area contributed by atoms with Crippen LogP contribution in [0.2, 0.25) is 0 Å². The number of aromatic amines is 1. The summed E-state index contributed by atoms with van der Waals surface area (Å²) < 4.78 is 33.0. The van der Waals surface area contributed by atoms with E-state index in [0.29, 0.717) is 25.5 Å². The fourth-order valence-corrected chi connectivity index (χ4v) is 3.47. The third-order valence-corrected chi connectivity index (χ3v) is 5.20. The molecule has 0 spiro atoms. The maximum atomic E-state index is 14.2. The Morgan fingerprint density at radius 2 is 1.75 bits per heavy atom. The van der Waals surface area contributed by atoms with Gasteiger partial charge in [-0.3, -0.25) is 0 Å². The van der Waals surface area contributed by atoms with Crippen LogP contribution in [0.3, 0.4) is 0 Å². The summed E-state index contributed by atoms with van der Waals surface area (Å²) in [6.45, 7) is 0.941. The minimum Gasteiger partial charge on any atom is -0.497 e. The topological polar surface area (TPSA) is 78.4 Å². The Morgan fingerprint density at radius 3 is 2.41 bits per heavy atom. The second-order valence-corrected chi connectivity index (χ2v) is 7.37. The van der Waals surface area contributed by atoms with Gasteiger partial charge in [-0.1, -0.05) is 24.3 Å². The number of imidazole rings is 1. The molecule has 164 valence electrons. The van der Waals surface area contributed by atoms with E-state index in [0.717, 1.165) is 22.9 Å². The number of methoxy groups -OCH3 is 1. The monoisotopic (exact) mass is 437 g/mol. The molecule has 0 unspecified atom stereocenters. The highest BCUT2D eigenvalue weighted by atomic mass is 19.1. The van der Waals surface area contributed by atoms with Gasteiger partial charge in [-0.2, -0.15) is 0 Å². The molecule has 6 nitrogen and oxygen atoms in total. The van der Waals surface area contributed by atoms with Crippen molar-refractivity contribution < 1.29 is 23.4 Å². The van der Waals surface area contributed by atoms with E-state index in [9.17, 15) is 13.6 Å². The molecule has 0 aliphatic rings. The highest BCUT2D eigenvalue weighted by Gasteiger charge is 2.16. The predicted molar refractivity (Wildman–Crippen MR) is 117 cm³/mol. The minimum atomic E-state index is -0.998. The number of H-pyrrole nitrogens is 1. The largest absolute Gasteiger partial charge is 0.497 e. The summed E-state index contributed by atoms with van der Waals surface area (Å²) in [5.74, 6) is -1.25. The summed E-state index contributed by atoms with van der Waals surface area (Å²) in [5.41, 5.74) is 2.47. The number of halogens is 2. The highest BCUT2D eigenvalue weighted by molar-refractivity contribution is 5.87. The van der Waals surface area contributed by atoms with Gasteiger partial charge in [-0.15, -0.1) is 0 Å². The molecule has 32 heavy (non-hydrogen) atoms. The smallest absolute Gasteiger partial charge is 0.335 e. The first-order valence-corrected chi connectivity index (χ1v) is 9.98. The van der Waals surface area contributed by atoms with Crippen LogP contribution in [-0.2, 0) is 13.0 Å². The Bertz CT molecular complexity index is 1240. The van der Waals surface area contributed by atoms with Gasteiger partial charge >= 0.3 is 5.97 Å². The molecule has 0 fully saturated rings. The van der Waals surface area contributed by atoms with Crippen LogP contribution in [0.15, 0.2) is 60.7 Å². The zero-order valence-electron chi connectivity index (χ0n) is 17.3. The number of rotatable bonds is 8. The molecular weight excluding hydrogens is 416 g/mol. The number of aromatic nitrogens is 2. The molecule has 3 aromatic carbocycles. The predicted octanol–water partition coefficient (Wildman–Crippen LogP) is 4.80. The van der Waals surface area contributed by atoms with Crippen LogP contribution in [-0.4, -0.2) is 34.7 Å². The van der Waals surface area contributed by atoms with Gasteiger partial charge < -0.3 is 19.7 Å². The molecule has 0 atom stereocenters. The zero-order valence-corrected chi connectivity index (χ0v) is 17.3. The van der Waals surface area contributed by atoms with Crippen LogP contribution >= 0.6 is 0 Å². The van der Waals surface area contributed by atoms with Crippen molar-refractivity contribution >= 4 is 23.0 Å². The quantitative estimate of drug-likeness (QED) is 0.414. The van der Waals surface area contributed by atoms with Crippen molar-refractivity contribution in [1.29, 1.82) is 0 Å². The summed E-state index contributed by atoms with van der Waals surface area (Å²) in [7, 11) is 1.61. The van der Waals surface area contributed by atoms with Gasteiger partial charge in [0.15, 0.2) is 5.82 Å². The van der Waals surface area contributed by atoms with E-state index in [1.165, 1.54) is 18.2 Å². The van der Waals surface area contributed by atoms with Crippen LogP contribution in [0.1, 0.15) is 21.5 Å². The number of anilines is 1. The van der Waals surface area contributed by atoms with Gasteiger partial charge in [0.05, 0.1) is 18.2 Å². The van der Waals surface area contributed by atoms with E-state index in [1.54, 1.807) is 19.2 Å². The average Bonchev–Trinajstić information content (AvgIpc) is 3.21. The first-order valence-electron chi connectivity index (χ1n) is 9.98. The van der Waals surface area contributed by atoms with Crippen LogP contribution in [0.5, 0.6) is 5.75 Å². The van der Waals surface area contributed by atoms with Crippen LogP contribution in [0, 0.1) is 11.6 Å². The lowest BCUT2D eigenvalue weighted by atomic mass is 10.1. The zero-order chi connectivity index (χ0) is 22.7. The number of hydrogen-bond donors (Lipinski definition) is 2. The summed E-state index contributed by atoms with van der Waals surface area (Å²) >= 11 is 0. The maximum absolute atomic E-state index is 14.2. The Hall–Kier alpha value is -3.94. The van der Waals surface area contributed by atoms with Crippen molar-refractivity contribution in [2.45, 2.75) is 13.0 Å². The molecule has 4 rings (SSSR count). The molecule has 0 aliphatic carbocycles. The summed E-state index contributed by atoms with van der Waals surface area (Å²) in [4.78, 5) is 20.4. The molecule has 0 saturated heterocycles. The first-order chi connectivity index (χ1) is 15.4. The van der Waals surface area contributed by atoms with Gasteiger partial charge in [-0.05, 0) is 47.9 Å². The number of carbonyl (C=O) groups is 1. The van der Waals surface area contributed by atoms with Crippen molar-refractivity contribution in [2.24, 2.45) is 0 Å². The van der Waals surface area contributed by atoms with Gasteiger partial charge in [0.1, 0.15) is 17.1 Å². The molecule has 8 heteroatoms. The van der Waals surface area contributed by atoms with Gasteiger partial charge in [0, 0.05) is 19.2 Å².